The molecule has 1 amide bonds. The molecule has 2 aliphatic heterocycles. The number of carbonyl (C=O) groups is 1. The molecule has 0 atom stereocenters. The van der Waals surface area contributed by atoms with E-state index < -0.39 is 10.0 Å². The lowest BCUT2D eigenvalue weighted by molar-refractivity contribution is 0.0909. The van der Waals surface area contributed by atoms with Crippen molar-refractivity contribution < 1.29 is 17.9 Å². The monoisotopic (exact) mass is 423 g/mol. The third-order valence-electron chi connectivity index (χ3n) is 5.85. The topological polar surface area (TPSA) is 79.0 Å². The average molecular weight is 424 g/mol. The van der Waals surface area contributed by atoms with Gasteiger partial charge in [0.15, 0.2) is 0 Å². The van der Waals surface area contributed by atoms with E-state index in [2.05, 4.69) is 10.2 Å². The highest BCUT2D eigenvalue weighted by atomic mass is 32.2. The van der Waals surface area contributed by atoms with E-state index >= 15 is 0 Å². The highest BCUT2D eigenvalue weighted by Crippen LogP contribution is 2.28. The zero-order chi connectivity index (χ0) is 21.1. The first kappa shape index (κ1) is 22.1. The van der Waals surface area contributed by atoms with E-state index in [4.69, 9.17) is 4.74 Å². The fraction of sp³-hybridized carbons (Fsp3) is 0.667. The molecule has 0 aliphatic carbocycles. The Hall–Kier alpha value is -1.64. The lowest BCUT2D eigenvalue weighted by atomic mass is 10.0. The van der Waals surface area contributed by atoms with Crippen LogP contribution in [-0.2, 0) is 14.8 Å². The van der Waals surface area contributed by atoms with Crippen LogP contribution < -0.4 is 10.2 Å². The Kier molecular flexibility index (Phi) is 6.86. The van der Waals surface area contributed by atoms with E-state index in [0.717, 1.165) is 31.4 Å². The molecular weight excluding hydrogens is 390 g/mol. The number of nitrogens with one attached hydrogen (secondary N) is 1. The van der Waals surface area contributed by atoms with E-state index in [-0.39, 0.29) is 16.3 Å². The SMILES string of the molecule is CCC(C)(C)NC(=O)c1cc(S(=O)(=O)N2CCCCC2)ccc1N1CCOCC1. The molecule has 1 aromatic carbocycles. The molecule has 0 spiro atoms. The molecule has 1 N–H and O–H groups in total. The van der Waals surface area contributed by atoms with Crippen molar-refractivity contribution in [2.75, 3.05) is 44.3 Å². The van der Waals surface area contributed by atoms with Gasteiger partial charge in [0.05, 0.1) is 23.7 Å². The number of sulfonamides is 1. The minimum Gasteiger partial charge on any atom is -0.378 e. The molecule has 0 aromatic heterocycles. The van der Waals surface area contributed by atoms with E-state index in [1.165, 1.54) is 4.31 Å². The van der Waals surface area contributed by atoms with Crippen LogP contribution in [0.4, 0.5) is 5.69 Å². The normalized spacial score (nSPS) is 19.2. The third-order valence-corrected chi connectivity index (χ3v) is 7.75. The number of amides is 1. The van der Waals surface area contributed by atoms with Crippen LogP contribution in [0.15, 0.2) is 23.1 Å². The molecule has 162 valence electrons. The number of ether oxygens (including phenoxy) is 1. The summed E-state index contributed by atoms with van der Waals surface area (Å²) in [5.74, 6) is -0.242. The van der Waals surface area contributed by atoms with Crippen LogP contribution in [0.1, 0.15) is 56.8 Å². The van der Waals surface area contributed by atoms with Crippen molar-refractivity contribution in [1.29, 1.82) is 0 Å². The van der Waals surface area contributed by atoms with Crippen molar-refractivity contribution in [3.05, 3.63) is 23.8 Å². The van der Waals surface area contributed by atoms with Gasteiger partial charge >= 0.3 is 0 Å². The van der Waals surface area contributed by atoms with Crippen molar-refractivity contribution in [2.45, 2.75) is 56.9 Å². The van der Waals surface area contributed by atoms with Crippen LogP contribution in [-0.4, -0.2) is 63.6 Å². The maximum atomic E-state index is 13.2. The Bertz CT molecular complexity index is 826. The number of morpholine rings is 1. The summed E-state index contributed by atoms with van der Waals surface area (Å²) < 4.78 is 33.3. The van der Waals surface area contributed by atoms with Gasteiger partial charge in [0.2, 0.25) is 10.0 Å². The van der Waals surface area contributed by atoms with Crippen LogP contribution in [0.3, 0.4) is 0 Å². The number of anilines is 1. The molecule has 0 radical (unpaired) electrons. The van der Waals surface area contributed by atoms with Crippen molar-refractivity contribution >= 4 is 21.6 Å². The predicted molar refractivity (Wildman–Crippen MR) is 114 cm³/mol. The van der Waals surface area contributed by atoms with E-state index in [1.54, 1.807) is 18.2 Å². The van der Waals surface area contributed by atoms with Gasteiger partial charge in [-0.3, -0.25) is 4.79 Å². The maximum absolute atomic E-state index is 13.2. The van der Waals surface area contributed by atoms with Crippen molar-refractivity contribution in [3.8, 4) is 0 Å². The highest BCUT2D eigenvalue weighted by Gasteiger charge is 2.29. The second kappa shape index (κ2) is 9.02. The number of rotatable bonds is 6. The molecule has 2 fully saturated rings. The predicted octanol–water partition coefficient (Wildman–Crippen LogP) is 2.62. The summed E-state index contributed by atoms with van der Waals surface area (Å²) in [4.78, 5) is 15.4. The Labute approximate surface area is 174 Å². The van der Waals surface area contributed by atoms with Gasteiger partial charge < -0.3 is 15.0 Å². The molecule has 2 saturated heterocycles. The molecule has 7 nitrogen and oxygen atoms in total. The minimum atomic E-state index is -3.60. The van der Waals surface area contributed by atoms with Crippen LogP contribution in [0.5, 0.6) is 0 Å². The van der Waals surface area contributed by atoms with Crippen LogP contribution in [0.25, 0.3) is 0 Å². The summed E-state index contributed by atoms with van der Waals surface area (Å²) in [6.45, 7) is 9.56. The lowest BCUT2D eigenvalue weighted by Gasteiger charge is -2.32. The molecule has 0 unspecified atom stereocenters. The lowest BCUT2D eigenvalue weighted by Crippen LogP contribution is -2.44. The number of hydrogen-bond acceptors (Lipinski definition) is 5. The number of nitrogens with zero attached hydrogens (tertiary/aromatic N) is 2. The standard InChI is InChI=1S/C21H33N3O4S/c1-4-21(2,3)22-20(25)18-16-17(29(26,27)24-10-6-5-7-11-24)8-9-19(18)23-12-14-28-15-13-23/h8-9,16H,4-7,10-15H2,1-3H3,(H,22,25). The molecule has 1 aromatic rings. The summed E-state index contributed by atoms with van der Waals surface area (Å²) in [7, 11) is -3.60. The van der Waals surface area contributed by atoms with Gasteiger partial charge in [-0.1, -0.05) is 13.3 Å². The Balaban J connectivity index is 1.98. The smallest absolute Gasteiger partial charge is 0.253 e. The first-order valence-electron chi connectivity index (χ1n) is 10.5. The Morgan fingerprint density at radius 1 is 1.10 bits per heavy atom. The summed E-state index contributed by atoms with van der Waals surface area (Å²) >= 11 is 0. The summed E-state index contributed by atoms with van der Waals surface area (Å²) in [6.07, 6.45) is 3.59. The molecule has 2 heterocycles. The molecule has 0 bridgehead atoms. The minimum absolute atomic E-state index is 0.191. The zero-order valence-corrected chi connectivity index (χ0v) is 18.6. The zero-order valence-electron chi connectivity index (χ0n) is 17.7. The molecule has 0 saturated carbocycles. The number of piperidine rings is 1. The molecular formula is C21H33N3O4S. The second-order valence-corrected chi connectivity index (χ2v) is 10.4. The van der Waals surface area contributed by atoms with Crippen molar-refractivity contribution in [1.82, 2.24) is 9.62 Å². The molecule has 3 rings (SSSR count). The van der Waals surface area contributed by atoms with Gasteiger partial charge in [-0.2, -0.15) is 4.31 Å². The molecule has 2 aliphatic rings. The van der Waals surface area contributed by atoms with Gasteiger partial charge in [0, 0.05) is 37.4 Å². The van der Waals surface area contributed by atoms with Gasteiger partial charge in [-0.05, 0) is 51.3 Å². The Morgan fingerprint density at radius 3 is 2.38 bits per heavy atom. The number of hydrogen-bond donors (Lipinski definition) is 1. The summed E-state index contributed by atoms with van der Waals surface area (Å²) in [5.41, 5.74) is 0.794. The first-order chi connectivity index (χ1) is 13.7. The molecule has 29 heavy (non-hydrogen) atoms. The summed E-state index contributed by atoms with van der Waals surface area (Å²) in [5, 5.41) is 3.05. The average Bonchev–Trinajstić information content (AvgIpc) is 2.74. The fourth-order valence-corrected chi connectivity index (χ4v) is 5.20. The van der Waals surface area contributed by atoms with E-state index in [9.17, 15) is 13.2 Å². The summed E-state index contributed by atoms with van der Waals surface area (Å²) in [6, 6.07) is 4.96. The van der Waals surface area contributed by atoms with E-state index in [1.807, 2.05) is 20.8 Å². The van der Waals surface area contributed by atoms with Crippen molar-refractivity contribution in [2.24, 2.45) is 0 Å². The van der Waals surface area contributed by atoms with Gasteiger partial charge in [0.25, 0.3) is 5.91 Å². The fourth-order valence-electron chi connectivity index (χ4n) is 3.65. The largest absolute Gasteiger partial charge is 0.378 e. The van der Waals surface area contributed by atoms with Gasteiger partial charge in [-0.25, -0.2) is 8.42 Å². The van der Waals surface area contributed by atoms with Gasteiger partial charge in [-0.15, -0.1) is 0 Å². The van der Waals surface area contributed by atoms with Crippen LogP contribution in [0, 0.1) is 0 Å². The van der Waals surface area contributed by atoms with E-state index in [0.29, 0.717) is 45.0 Å². The number of benzene rings is 1. The second-order valence-electron chi connectivity index (χ2n) is 8.43. The third kappa shape index (κ3) is 5.10. The van der Waals surface area contributed by atoms with Crippen LogP contribution in [0.2, 0.25) is 0 Å². The number of carbonyl (C=O) groups excluding carboxylic acids is 1. The van der Waals surface area contributed by atoms with Crippen LogP contribution >= 0.6 is 0 Å². The highest BCUT2D eigenvalue weighted by molar-refractivity contribution is 7.89. The van der Waals surface area contributed by atoms with Gasteiger partial charge in [0.1, 0.15) is 0 Å². The maximum Gasteiger partial charge on any atom is 0.253 e. The Morgan fingerprint density at radius 2 is 1.76 bits per heavy atom. The molecule has 8 heteroatoms. The van der Waals surface area contributed by atoms with Crippen molar-refractivity contribution in [3.63, 3.8) is 0 Å². The first-order valence-corrected chi connectivity index (χ1v) is 12.0. The quantitative estimate of drug-likeness (QED) is 0.761.